The van der Waals surface area contributed by atoms with E-state index in [0.717, 1.165) is 16.7 Å². The van der Waals surface area contributed by atoms with Crippen LogP contribution in [0.1, 0.15) is 11.1 Å². The fourth-order valence-corrected chi connectivity index (χ4v) is 4.10. The summed E-state index contributed by atoms with van der Waals surface area (Å²) in [6, 6.07) is 29.2. The molecule has 0 spiro atoms. The van der Waals surface area contributed by atoms with Gasteiger partial charge in [-0.3, -0.25) is 0 Å². The topological polar surface area (TPSA) is 72.2 Å². The Hall–Kier alpha value is -4.91. The smallest absolute Gasteiger partial charge is 0.234 e. The molecule has 0 fully saturated rings. The van der Waals surface area contributed by atoms with Gasteiger partial charge in [0.25, 0.3) is 0 Å². The highest BCUT2D eigenvalue weighted by Crippen LogP contribution is 2.43. The predicted octanol–water partition coefficient (Wildman–Crippen LogP) is 7.19. The van der Waals surface area contributed by atoms with Gasteiger partial charge < -0.3 is 28.1 Å². The molecule has 0 aliphatic carbocycles. The van der Waals surface area contributed by atoms with Gasteiger partial charge in [0.1, 0.15) is 36.0 Å². The molecule has 0 saturated carbocycles. The first-order chi connectivity index (χ1) is 19.2. The van der Waals surface area contributed by atoms with Crippen LogP contribution in [0.3, 0.4) is 0 Å². The van der Waals surface area contributed by atoms with Crippen LogP contribution in [0.15, 0.2) is 102 Å². The standard InChI is InChI=1S/C32H29NO6/c1-34-25-17-28(35-2)31(29(18-25)36-3)32-33-19-30(39-32)24-14-15-26(37-20-22-10-6-4-7-11-22)27(16-24)38-21-23-12-8-5-9-13-23/h4-19H,20-21H2,1-3H3. The molecule has 1 aromatic heterocycles. The summed E-state index contributed by atoms with van der Waals surface area (Å²) < 4.78 is 35.1. The second-order valence-corrected chi connectivity index (χ2v) is 8.65. The summed E-state index contributed by atoms with van der Waals surface area (Å²) >= 11 is 0. The molecule has 4 aromatic carbocycles. The fourth-order valence-electron chi connectivity index (χ4n) is 4.10. The minimum Gasteiger partial charge on any atom is -0.496 e. The molecule has 1 heterocycles. The molecule has 0 radical (unpaired) electrons. The average Bonchev–Trinajstić information content (AvgIpc) is 3.49. The van der Waals surface area contributed by atoms with Crippen molar-refractivity contribution in [2.45, 2.75) is 13.2 Å². The van der Waals surface area contributed by atoms with E-state index in [1.165, 1.54) is 0 Å². The van der Waals surface area contributed by atoms with Gasteiger partial charge in [-0.15, -0.1) is 0 Å². The Labute approximate surface area is 227 Å². The van der Waals surface area contributed by atoms with Crippen LogP contribution in [0.2, 0.25) is 0 Å². The molecule has 198 valence electrons. The van der Waals surface area contributed by atoms with Crippen molar-refractivity contribution in [3.63, 3.8) is 0 Å². The molecule has 7 nitrogen and oxygen atoms in total. The third-order valence-corrected chi connectivity index (χ3v) is 6.14. The number of ether oxygens (including phenoxy) is 5. The van der Waals surface area contributed by atoms with Crippen molar-refractivity contribution in [1.82, 2.24) is 4.98 Å². The molecule has 39 heavy (non-hydrogen) atoms. The number of oxazole rings is 1. The molecule has 7 heteroatoms. The lowest BCUT2D eigenvalue weighted by Crippen LogP contribution is -2.00. The number of rotatable bonds is 11. The molecule has 0 aliphatic heterocycles. The fraction of sp³-hybridized carbons (Fsp3) is 0.156. The van der Waals surface area contributed by atoms with Crippen molar-refractivity contribution in [3.8, 4) is 51.5 Å². The second kappa shape index (κ2) is 12.1. The second-order valence-electron chi connectivity index (χ2n) is 8.65. The van der Waals surface area contributed by atoms with Gasteiger partial charge in [-0.05, 0) is 29.3 Å². The quantitative estimate of drug-likeness (QED) is 0.181. The van der Waals surface area contributed by atoms with Crippen molar-refractivity contribution in [3.05, 3.63) is 108 Å². The van der Waals surface area contributed by atoms with Crippen LogP contribution in [0, 0.1) is 0 Å². The van der Waals surface area contributed by atoms with Gasteiger partial charge in [-0.1, -0.05) is 60.7 Å². The summed E-state index contributed by atoms with van der Waals surface area (Å²) in [6.45, 7) is 0.819. The predicted molar refractivity (Wildman–Crippen MR) is 149 cm³/mol. The molecule has 0 amide bonds. The Morgan fingerprint density at radius 2 is 1.21 bits per heavy atom. The normalized spacial score (nSPS) is 10.6. The van der Waals surface area contributed by atoms with Gasteiger partial charge in [0.2, 0.25) is 5.89 Å². The van der Waals surface area contributed by atoms with E-state index < -0.39 is 0 Å². The van der Waals surface area contributed by atoms with E-state index in [1.807, 2.05) is 78.9 Å². The van der Waals surface area contributed by atoms with Gasteiger partial charge in [0, 0.05) is 17.7 Å². The number of benzene rings is 4. The van der Waals surface area contributed by atoms with Crippen LogP contribution in [0.5, 0.6) is 28.7 Å². The maximum absolute atomic E-state index is 6.22. The summed E-state index contributed by atoms with van der Waals surface area (Å²) in [7, 11) is 4.74. The number of hydrogen-bond acceptors (Lipinski definition) is 7. The maximum Gasteiger partial charge on any atom is 0.234 e. The Morgan fingerprint density at radius 3 is 1.77 bits per heavy atom. The lowest BCUT2D eigenvalue weighted by molar-refractivity contribution is 0.256. The molecule has 0 aliphatic rings. The van der Waals surface area contributed by atoms with Crippen molar-refractivity contribution < 1.29 is 28.1 Å². The minimum atomic E-state index is 0.359. The highest BCUT2D eigenvalue weighted by Gasteiger charge is 2.21. The third-order valence-electron chi connectivity index (χ3n) is 6.14. The average molecular weight is 524 g/mol. The van der Waals surface area contributed by atoms with Gasteiger partial charge >= 0.3 is 0 Å². The van der Waals surface area contributed by atoms with Crippen LogP contribution < -0.4 is 23.7 Å². The van der Waals surface area contributed by atoms with Crippen LogP contribution in [0.4, 0.5) is 0 Å². The van der Waals surface area contributed by atoms with E-state index in [0.29, 0.717) is 59.2 Å². The maximum atomic E-state index is 6.22. The highest BCUT2D eigenvalue weighted by atomic mass is 16.5. The first-order valence-electron chi connectivity index (χ1n) is 12.4. The zero-order chi connectivity index (χ0) is 27.0. The molecular formula is C32H29NO6. The van der Waals surface area contributed by atoms with E-state index in [1.54, 1.807) is 39.7 Å². The zero-order valence-electron chi connectivity index (χ0n) is 22.0. The van der Waals surface area contributed by atoms with E-state index in [9.17, 15) is 0 Å². The van der Waals surface area contributed by atoms with Crippen LogP contribution in [0.25, 0.3) is 22.8 Å². The monoisotopic (exact) mass is 523 g/mol. The Bertz CT molecular complexity index is 1490. The Morgan fingerprint density at radius 1 is 0.615 bits per heavy atom. The summed E-state index contributed by atoms with van der Waals surface area (Å²) in [5, 5.41) is 0. The first-order valence-corrected chi connectivity index (χ1v) is 12.4. The van der Waals surface area contributed by atoms with Crippen LogP contribution >= 0.6 is 0 Å². The molecular weight excluding hydrogens is 494 g/mol. The zero-order valence-corrected chi connectivity index (χ0v) is 22.0. The van der Waals surface area contributed by atoms with E-state index >= 15 is 0 Å². The summed E-state index contributed by atoms with van der Waals surface area (Å²) in [4.78, 5) is 4.52. The molecule has 0 unspecified atom stereocenters. The lowest BCUT2D eigenvalue weighted by Gasteiger charge is -2.14. The molecule has 0 atom stereocenters. The molecule has 0 bridgehead atoms. The number of methoxy groups -OCH3 is 3. The number of hydrogen-bond donors (Lipinski definition) is 0. The molecule has 0 saturated heterocycles. The molecule has 0 N–H and O–H groups in total. The van der Waals surface area contributed by atoms with Crippen molar-refractivity contribution >= 4 is 0 Å². The largest absolute Gasteiger partial charge is 0.496 e. The van der Waals surface area contributed by atoms with E-state index in [-0.39, 0.29) is 0 Å². The Kier molecular flexibility index (Phi) is 7.98. The van der Waals surface area contributed by atoms with Gasteiger partial charge in [0.15, 0.2) is 17.3 Å². The third kappa shape index (κ3) is 5.99. The van der Waals surface area contributed by atoms with Crippen molar-refractivity contribution in [2.24, 2.45) is 0 Å². The van der Waals surface area contributed by atoms with Crippen molar-refractivity contribution in [2.75, 3.05) is 21.3 Å². The highest BCUT2D eigenvalue weighted by molar-refractivity contribution is 5.74. The van der Waals surface area contributed by atoms with Gasteiger partial charge in [0.05, 0.1) is 27.5 Å². The summed E-state index contributed by atoms with van der Waals surface area (Å²) in [6.07, 6.45) is 1.67. The molecule has 5 aromatic rings. The summed E-state index contributed by atoms with van der Waals surface area (Å²) in [5.41, 5.74) is 3.50. The van der Waals surface area contributed by atoms with Gasteiger partial charge in [-0.2, -0.15) is 0 Å². The SMILES string of the molecule is COc1cc(OC)c(-c2ncc(-c3ccc(OCc4ccccc4)c(OCc4ccccc4)c3)o2)c(OC)c1. The minimum absolute atomic E-state index is 0.359. The lowest BCUT2D eigenvalue weighted by atomic mass is 10.1. The molecule has 5 rings (SSSR count). The summed E-state index contributed by atoms with van der Waals surface area (Å²) in [5.74, 6) is 3.81. The number of aromatic nitrogens is 1. The first kappa shape index (κ1) is 25.7. The van der Waals surface area contributed by atoms with Crippen LogP contribution in [-0.4, -0.2) is 26.3 Å². The van der Waals surface area contributed by atoms with Crippen molar-refractivity contribution in [1.29, 1.82) is 0 Å². The van der Waals surface area contributed by atoms with E-state index in [4.69, 9.17) is 28.1 Å². The van der Waals surface area contributed by atoms with Gasteiger partial charge in [-0.25, -0.2) is 4.98 Å². The Balaban J connectivity index is 1.46. The van der Waals surface area contributed by atoms with E-state index in [2.05, 4.69) is 4.98 Å². The van der Waals surface area contributed by atoms with Crippen LogP contribution in [-0.2, 0) is 13.2 Å². The number of nitrogens with zero attached hydrogens (tertiary/aromatic N) is 1.